The Morgan fingerprint density at radius 3 is 2.47 bits per heavy atom. The van der Waals surface area contributed by atoms with Gasteiger partial charge in [0, 0.05) is 30.6 Å². The van der Waals surface area contributed by atoms with Crippen LogP contribution >= 0.6 is 11.8 Å². The van der Waals surface area contributed by atoms with Crippen molar-refractivity contribution < 1.29 is 33.8 Å². The number of aliphatic carboxylic acids is 1. The minimum atomic E-state index is -1.34. The van der Waals surface area contributed by atoms with Gasteiger partial charge in [-0.25, -0.2) is 23.7 Å². The van der Waals surface area contributed by atoms with Gasteiger partial charge in [-0.15, -0.1) is 11.8 Å². The molecule has 224 valence electrons. The van der Waals surface area contributed by atoms with Crippen molar-refractivity contribution in [2.75, 3.05) is 24.2 Å². The van der Waals surface area contributed by atoms with Crippen molar-refractivity contribution in [2.45, 2.75) is 24.8 Å². The molecular formula is C28H28N6O8S. The highest BCUT2D eigenvalue weighted by atomic mass is 32.2. The third-order valence-corrected chi connectivity index (χ3v) is 8.38. The normalized spacial score (nSPS) is 17.6. The molecule has 2 aliphatic heterocycles. The number of para-hydroxylation sites is 3. The number of aromatic nitrogens is 2. The van der Waals surface area contributed by atoms with Crippen molar-refractivity contribution in [3.05, 3.63) is 75.8 Å². The molecule has 0 saturated carbocycles. The molecule has 43 heavy (non-hydrogen) atoms. The molecule has 3 heterocycles. The number of nitrogens with one attached hydrogen (secondary N) is 3. The van der Waals surface area contributed by atoms with E-state index in [1.807, 2.05) is 0 Å². The number of carboxylic acid groups (broad SMARTS) is 1. The number of aryl methyl sites for hydroxylation is 1. The van der Waals surface area contributed by atoms with E-state index in [2.05, 4.69) is 16.0 Å². The Bertz CT molecular complexity index is 1740. The Morgan fingerprint density at radius 1 is 1.05 bits per heavy atom. The standard InChI is InChI=1S/C28H28N6O8S/c1-3-29-27(40)42-13-16-14-43-24-21(23(36)34(24)22(16)25(37)38)31-20(35)12-15-8-4-5-9-17(15)30-26(39)33-19-11-7-6-10-18(19)32(2)28(33)41/h4-11,21,24H,3,12-14H2,1-2H3,(H,29,40)(H,30,39)(H,31,35)(H,37,38)/t21?,24-/m1/s1. The van der Waals surface area contributed by atoms with Crippen LogP contribution in [-0.4, -0.2) is 79.4 Å². The lowest BCUT2D eigenvalue weighted by molar-refractivity contribution is -0.150. The fourth-order valence-electron chi connectivity index (χ4n) is 5.00. The molecule has 0 radical (unpaired) electrons. The second-order valence-electron chi connectivity index (χ2n) is 9.75. The summed E-state index contributed by atoms with van der Waals surface area (Å²) in [5.74, 6) is -2.28. The van der Waals surface area contributed by atoms with Crippen LogP contribution in [0, 0.1) is 0 Å². The summed E-state index contributed by atoms with van der Waals surface area (Å²) < 4.78 is 7.43. The number of hydrogen-bond donors (Lipinski definition) is 4. The van der Waals surface area contributed by atoms with Crippen molar-refractivity contribution in [3.8, 4) is 0 Å². The minimum Gasteiger partial charge on any atom is -0.477 e. The maximum absolute atomic E-state index is 13.2. The molecule has 2 aliphatic rings. The van der Waals surface area contributed by atoms with E-state index in [4.69, 9.17) is 4.74 Å². The number of fused-ring (bicyclic) bond motifs is 2. The van der Waals surface area contributed by atoms with Crippen molar-refractivity contribution in [2.24, 2.45) is 7.05 Å². The Hall–Kier alpha value is -5.05. The van der Waals surface area contributed by atoms with Crippen LogP contribution in [0.3, 0.4) is 0 Å². The number of carbonyl (C=O) groups is 5. The van der Waals surface area contributed by atoms with E-state index < -0.39 is 47.0 Å². The molecule has 5 rings (SSSR count). The Kier molecular flexibility index (Phi) is 8.25. The SMILES string of the molecule is CCNC(=O)OCC1=C(C(=O)O)N2C(=O)C(NC(=O)Cc3ccccc3NC(=O)n3c(=O)n(C)c4ccccc43)[C@H]2SC1. The molecular weight excluding hydrogens is 580 g/mol. The highest BCUT2D eigenvalue weighted by molar-refractivity contribution is 8.00. The predicted octanol–water partition coefficient (Wildman–Crippen LogP) is 1.45. The van der Waals surface area contributed by atoms with Crippen molar-refractivity contribution in [1.82, 2.24) is 24.7 Å². The number of carbonyl (C=O) groups excluding carboxylic acids is 4. The lowest BCUT2D eigenvalue weighted by Gasteiger charge is -2.49. The average molecular weight is 609 g/mol. The summed E-state index contributed by atoms with van der Waals surface area (Å²) in [4.78, 5) is 76.7. The molecule has 14 nitrogen and oxygen atoms in total. The molecule has 0 bridgehead atoms. The predicted molar refractivity (Wildman–Crippen MR) is 156 cm³/mol. The van der Waals surface area contributed by atoms with E-state index in [0.717, 1.165) is 9.47 Å². The molecule has 1 aromatic heterocycles. The highest BCUT2D eigenvalue weighted by Gasteiger charge is 2.54. The number of benzene rings is 2. The lowest BCUT2D eigenvalue weighted by Crippen LogP contribution is -2.70. The van der Waals surface area contributed by atoms with Crippen LogP contribution in [0.4, 0.5) is 15.3 Å². The summed E-state index contributed by atoms with van der Waals surface area (Å²) in [6, 6.07) is 11.8. The maximum atomic E-state index is 13.2. The third-order valence-electron chi connectivity index (χ3n) is 7.04. The molecule has 0 spiro atoms. The van der Waals surface area contributed by atoms with Crippen LogP contribution < -0.4 is 21.6 Å². The van der Waals surface area contributed by atoms with Crippen molar-refractivity contribution in [3.63, 3.8) is 0 Å². The van der Waals surface area contributed by atoms with E-state index in [-0.39, 0.29) is 30.1 Å². The van der Waals surface area contributed by atoms with Gasteiger partial charge in [-0.2, -0.15) is 0 Å². The third kappa shape index (κ3) is 5.58. The minimum absolute atomic E-state index is 0.185. The van der Waals surface area contributed by atoms with Gasteiger partial charge in [0.25, 0.3) is 5.91 Å². The number of β-lactam (4-membered cyclic amide) rings is 1. The number of anilines is 1. The van der Waals surface area contributed by atoms with E-state index in [1.165, 1.54) is 16.3 Å². The first-order valence-corrected chi connectivity index (χ1v) is 14.3. The number of thioether (sulfide) groups is 1. The number of alkyl carbamates (subject to hydrolysis) is 1. The largest absolute Gasteiger partial charge is 0.477 e. The second-order valence-corrected chi connectivity index (χ2v) is 10.9. The highest BCUT2D eigenvalue weighted by Crippen LogP contribution is 2.40. The molecule has 2 aromatic carbocycles. The summed E-state index contributed by atoms with van der Waals surface area (Å²) >= 11 is 1.25. The van der Waals surface area contributed by atoms with Gasteiger partial charge in [0.15, 0.2) is 0 Å². The summed E-state index contributed by atoms with van der Waals surface area (Å²) in [5.41, 5.74) is 1.24. The number of nitrogens with zero attached hydrogens (tertiary/aromatic N) is 3. The Morgan fingerprint density at radius 2 is 1.74 bits per heavy atom. The van der Waals surface area contributed by atoms with Gasteiger partial charge in [-0.05, 0) is 30.7 Å². The summed E-state index contributed by atoms with van der Waals surface area (Å²) in [5, 5.41) is 17.0. The molecule has 15 heteroatoms. The van der Waals surface area contributed by atoms with Gasteiger partial charge in [-0.3, -0.25) is 19.1 Å². The number of imidazole rings is 1. The fraction of sp³-hybridized carbons (Fsp3) is 0.286. The second kappa shape index (κ2) is 12.1. The van der Waals surface area contributed by atoms with Crippen LogP contribution in [-0.2, 0) is 32.6 Å². The van der Waals surface area contributed by atoms with E-state index in [1.54, 1.807) is 62.5 Å². The maximum Gasteiger partial charge on any atom is 0.407 e. The van der Waals surface area contributed by atoms with Crippen LogP contribution in [0.1, 0.15) is 12.5 Å². The number of hydrogen-bond acceptors (Lipinski definition) is 8. The molecule has 1 fully saturated rings. The molecule has 2 atom stereocenters. The van der Waals surface area contributed by atoms with Gasteiger partial charge >= 0.3 is 23.8 Å². The molecule has 1 unspecified atom stereocenters. The van der Waals surface area contributed by atoms with Crippen molar-refractivity contribution >= 4 is 58.4 Å². The molecule has 1 saturated heterocycles. The summed E-state index contributed by atoms with van der Waals surface area (Å²) in [6.07, 6.45) is -0.900. The zero-order valence-electron chi connectivity index (χ0n) is 23.2. The smallest absolute Gasteiger partial charge is 0.407 e. The number of amides is 4. The van der Waals surface area contributed by atoms with Gasteiger partial charge < -0.3 is 25.8 Å². The van der Waals surface area contributed by atoms with Crippen molar-refractivity contribution in [1.29, 1.82) is 0 Å². The number of ether oxygens (including phenoxy) is 1. The van der Waals surface area contributed by atoms with Gasteiger partial charge in [0.2, 0.25) is 5.91 Å². The Labute approximate surface area is 248 Å². The first-order chi connectivity index (χ1) is 20.6. The van der Waals surface area contributed by atoms with Crippen LogP contribution in [0.2, 0.25) is 0 Å². The molecule has 4 amide bonds. The quantitative estimate of drug-likeness (QED) is 0.275. The van der Waals surface area contributed by atoms with E-state index in [0.29, 0.717) is 28.8 Å². The first kappa shape index (κ1) is 29.4. The monoisotopic (exact) mass is 608 g/mol. The molecule has 3 aromatic rings. The Balaban J connectivity index is 1.26. The van der Waals surface area contributed by atoms with Crippen LogP contribution in [0.5, 0.6) is 0 Å². The topological polar surface area (TPSA) is 181 Å². The van der Waals surface area contributed by atoms with Gasteiger partial charge in [0.05, 0.1) is 17.5 Å². The van der Waals surface area contributed by atoms with Gasteiger partial charge in [0.1, 0.15) is 23.7 Å². The van der Waals surface area contributed by atoms with Crippen LogP contribution in [0.15, 0.2) is 64.6 Å². The first-order valence-electron chi connectivity index (χ1n) is 13.3. The number of rotatable bonds is 8. The number of carboxylic acids is 1. The van der Waals surface area contributed by atoms with E-state index in [9.17, 15) is 33.9 Å². The molecule has 4 N–H and O–H groups in total. The molecule has 0 aliphatic carbocycles. The summed E-state index contributed by atoms with van der Waals surface area (Å²) in [7, 11) is 1.57. The lowest BCUT2D eigenvalue weighted by atomic mass is 10.0. The fourth-order valence-corrected chi connectivity index (χ4v) is 6.32. The van der Waals surface area contributed by atoms with E-state index >= 15 is 0 Å². The zero-order valence-corrected chi connectivity index (χ0v) is 24.0. The zero-order chi connectivity index (χ0) is 30.8. The average Bonchev–Trinajstić information content (AvgIpc) is 3.24. The van der Waals surface area contributed by atoms with Gasteiger partial charge in [-0.1, -0.05) is 30.3 Å². The van der Waals surface area contributed by atoms with Crippen LogP contribution in [0.25, 0.3) is 11.0 Å². The summed E-state index contributed by atoms with van der Waals surface area (Å²) in [6.45, 7) is 1.76.